The van der Waals surface area contributed by atoms with Crippen molar-refractivity contribution in [1.82, 2.24) is 9.88 Å². The van der Waals surface area contributed by atoms with Crippen LogP contribution in [0.5, 0.6) is 0 Å². The van der Waals surface area contributed by atoms with Crippen LogP contribution < -0.4 is 11.1 Å². The molecular weight excluding hydrogens is 296 g/mol. The van der Waals surface area contributed by atoms with Crippen molar-refractivity contribution >= 4 is 28.6 Å². The van der Waals surface area contributed by atoms with Crippen molar-refractivity contribution in [2.24, 2.45) is 0 Å². The predicted molar refractivity (Wildman–Crippen MR) is 77.5 cm³/mol. The summed E-state index contributed by atoms with van der Waals surface area (Å²) in [7, 11) is 0. The van der Waals surface area contributed by atoms with Crippen molar-refractivity contribution in [3.05, 3.63) is 33.8 Å². The molecule has 1 aliphatic heterocycles. The predicted octanol–water partition coefficient (Wildman–Crippen LogP) is 1.54. The summed E-state index contributed by atoms with van der Waals surface area (Å²) in [5, 5.41) is 3.25. The first-order valence-corrected chi connectivity index (χ1v) is 7.18. The standard InChI is InChI=1S/C14H15ClN2O4/c15-9-3-4-11-12(6-9)21-14(19)17(11)8-13(18)16-7-10-2-1-5-20-10/h3-4,6,10H,1-2,5,7-8H2,(H,16,18)/t10-/m0/s1. The zero-order valence-corrected chi connectivity index (χ0v) is 12.1. The lowest BCUT2D eigenvalue weighted by atomic mass is 10.2. The van der Waals surface area contributed by atoms with E-state index in [1.54, 1.807) is 18.2 Å². The lowest BCUT2D eigenvalue weighted by Crippen LogP contribution is -2.35. The number of nitrogens with one attached hydrogen (secondary N) is 1. The molecule has 0 unspecified atom stereocenters. The molecule has 0 radical (unpaired) electrons. The van der Waals surface area contributed by atoms with E-state index in [9.17, 15) is 9.59 Å². The molecule has 112 valence electrons. The average molecular weight is 311 g/mol. The zero-order chi connectivity index (χ0) is 14.8. The van der Waals surface area contributed by atoms with Crippen LogP contribution in [0.25, 0.3) is 11.1 Å². The quantitative estimate of drug-likeness (QED) is 0.929. The molecule has 1 saturated heterocycles. The van der Waals surface area contributed by atoms with E-state index < -0.39 is 5.76 Å². The van der Waals surface area contributed by atoms with E-state index >= 15 is 0 Å². The van der Waals surface area contributed by atoms with Crippen LogP contribution in [0.3, 0.4) is 0 Å². The minimum absolute atomic E-state index is 0.0746. The summed E-state index contributed by atoms with van der Waals surface area (Å²) >= 11 is 5.84. The van der Waals surface area contributed by atoms with Gasteiger partial charge < -0.3 is 14.5 Å². The van der Waals surface area contributed by atoms with Crippen molar-refractivity contribution in [3.8, 4) is 0 Å². The van der Waals surface area contributed by atoms with E-state index in [2.05, 4.69) is 5.32 Å². The van der Waals surface area contributed by atoms with Gasteiger partial charge in [0.1, 0.15) is 6.54 Å². The van der Waals surface area contributed by atoms with Crippen LogP contribution >= 0.6 is 11.6 Å². The second-order valence-corrected chi connectivity index (χ2v) is 5.44. The smallest absolute Gasteiger partial charge is 0.408 e. The van der Waals surface area contributed by atoms with Crippen LogP contribution in [-0.2, 0) is 16.1 Å². The maximum atomic E-state index is 11.9. The SMILES string of the molecule is O=C(Cn1c(=O)oc2cc(Cl)ccc21)NC[C@@H]1CCCO1. The minimum atomic E-state index is -0.570. The molecule has 7 heteroatoms. The first-order chi connectivity index (χ1) is 10.1. The summed E-state index contributed by atoms with van der Waals surface area (Å²) in [6, 6.07) is 4.87. The summed E-state index contributed by atoms with van der Waals surface area (Å²) in [5.74, 6) is -0.815. The first kappa shape index (κ1) is 14.2. The van der Waals surface area contributed by atoms with Gasteiger partial charge in [-0.1, -0.05) is 11.6 Å². The van der Waals surface area contributed by atoms with Crippen molar-refractivity contribution in [2.75, 3.05) is 13.2 Å². The van der Waals surface area contributed by atoms with Crippen LogP contribution in [0.15, 0.2) is 27.4 Å². The molecule has 0 spiro atoms. The number of nitrogens with zero attached hydrogens (tertiary/aromatic N) is 1. The molecule has 1 aliphatic rings. The number of carbonyl (C=O) groups excluding carboxylic acids is 1. The third kappa shape index (κ3) is 3.11. The summed E-state index contributed by atoms with van der Waals surface area (Å²) < 4.78 is 11.8. The van der Waals surface area contributed by atoms with Crippen LogP contribution in [0.1, 0.15) is 12.8 Å². The summed E-state index contributed by atoms with van der Waals surface area (Å²) in [6.07, 6.45) is 2.05. The Hall–Kier alpha value is -1.79. The Morgan fingerprint density at radius 1 is 1.48 bits per heavy atom. The second-order valence-electron chi connectivity index (χ2n) is 5.01. The first-order valence-electron chi connectivity index (χ1n) is 6.80. The van der Waals surface area contributed by atoms with E-state index in [4.69, 9.17) is 20.8 Å². The number of halogens is 1. The molecule has 1 N–H and O–H groups in total. The summed E-state index contributed by atoms with van der Waals surface area (Å²) in [6.45, 7) is 1.13. The third-order valence-electron chi connectivity index (χ3n) is 3.48. The number of hydrogen-bond donors (Lipinski definition) is 1. The minimum Gasteiger partial charge on any atom is -0.408 e. The van der Waals surface area contributed by atoms with Crippen LogP contribution in [0.2, 0.25) is 5.02 Å². The fraction of sp³-hybridized carbons (Fsp3) is 0.429. The number of benzene rings is 1. The topological polar surface area (TPSA) is 73.5 Å². The molecule has 1 amide bonds. The molecule has 6 nitrogen and oxygen atoms in total. The Balaban J connectivity index is 1.70. The monoisotopic (exact) mass is 310 g/mol. The van der Waals surface area contributed by atoms with Gasteiger partial charge in [0.05, 0.1) is 11.6 Å². The summed E-state index contributed by atoms with van der Waals surface area (Å²) in [5.41, 5.74) is 0.927. The van der Waals surface area contributed by atoms with Crippen LogP contribution in [0, 0.1) is 0 Å². The molecule has 0 bridgehead atoms. The highest BCUT2D eigenvalue weighted by Gasteiger charge is 2.17. The lowest BCUT2D eigenvalue weighted by Gasteiger charge is -2.10. The molecule has 1 aromatic carbocycles. The van der Waals surface area contributed by atoms with Gasteiger partial charge in [0.15, 0.2) is 5.58 Å². The molecule has 1 atom stereocenters. The number of ether oxygens (including phenoxy) is 1. The number of fused-ring (bicyclic) bond motifs is 1. The molecule has 1 fully saturated rings. The van der Waals surface area contributed by atoms with Gasteiger partial charge in [-0.05, 0) is 25.0 Å². The van der Waals surface area contributed by atoms with Gasteiger partial charge >= 0.3 is 5.76 Å². The van der Waals surface area contributed by atoms with Gasteiger partial charge in [0.25, 0.3) is 0 Å². The number of carbonyl (C=O) groups is 1. The van der Waals surface area contributed by atoms with E-state index in [0.717, 1.165) is 19.4 Å². The maximum Gasteiger partial charge on any atom is 0.420 e. The molecule has 0 saturated carbocycles. The van der Waals surface area contributed by atoms with Crippen LogP contribution in [0.4, 0.5) is 0 Å². The molecule has 3 rings (SSSR count). The Morgan fingerprint density at radius 2 is 2.33 bits per heavy atom. The van der Waals surface area contributed by atoms with Crippen molar-refractivity contribution in [2.45, 2.75) is 25.5 Å². The number of oxazole rings is 1. The highest BCUT2D eigenvalue weighted by atomic mass is 35.5. The molecule has 21 heavy (non-hydrogen) atoms. The highest BCUT2D eigenvalue weighted by Crippen LogP contribution is 2.18. The Labute approximate surface area is 125 Å². The van der Waals surface area contributed by atoms with Gasteiger partial charge in [0, 0.05) is 24.2 Å². The number of hydrogen-bond acceptors (Lipinski definition) is 4. The number of aromatic nitrogens is 1. The van der Waals surface area contributed by atoms with Gasteiger partial charge in [-0.15, -0.1) is 0 Å². The Morgan fingerprint density at radius 3 is 3.10 bits per heavy atom. The fourth-order valence-electron chi connectivity index (χ4n) is 2.42. The molecule has 1 aromatic heterocycles. The number of amides is 1. The largest absolute Gasteiger partial charge is 0.420 e. The maximum absolute atomic E-state index is 11.9. The van der Waals surface area contributed by atoms with E-state index in [-0.39, 0.29) is 18.6 Å². The van der Waals surface area contributed by atoms with Gasteiger partial charge in [0.2, 0.25) is 5.91 Å². The number of rotatable bonds is 4. The van der Waals surface area contributed by atoms with Gasteiger partial charge in [-0.25, -0.2) is 4.79 Å². The Bertz CT molecular complexity index is 715. The van der Waals surface area contributed by atoms with Gasteiger partial charge in [-0.2, -0.15) is 0 Å². The van der Waals surface area contributed by atoms with E-state index in [0.29, 0.717) is 22.7 Å². The van der Waals surface area contributed by atoms with Crippen molar-refractivity contribution < 1.29 is 13.9 Å². The summed E-state index contributed by atoms with van der Waals surface area (Å²) in [4.78, 5) is 23.7. The molecule has 0 aliphatic carbocycles. The van der Waals surface area contributed by atoms with Gasteiger partial charge in [-0.3, -0.25) is 9.36 Å². The van der Waals surface area contributed by atoms with Crippen LogP contribution in [-0.4, -0.2) is 29.7 Å². The second kappa shape index (κ2) is 5.91. The normalized spacial score (nSPS) is 18.2. The molecule has 2 aromatic rings. The highest BCUT2D eigenvalue weighted by molar-refractivity contribution is 6.31. The van der Waals surface area contributed by atoms with Crippen molar-refractivity contribution in [1.29, 1.82) is 0 Å². The molecule has 2 heterocycles. The lowest BCUT2D eigenvalue weighted by molar-refractivity contribution is -0.122. The van der Waals surface area contributed by atoms with Crippen molar-refractivity contribution in [3.63, 3.8) is 0 Å². The van der Waals surface area contributed by atoms with E-state index in [1.807, 2.05) is 0 Å². The Kier molecular flexibility index (Phi) is 3.98. The molecular formula is C14H15ClN2O4. The zero-order valence-electron chi connectivity index (χ0n) is 11.3. The van der Waals surface area contributed by atoms with E-state index in [1.165, 1.54) is 4.57 Å². The fourth-order valence-corrected chi connectivity index (χ4v) is 2.58. The third-order valence-corrected chi connectivity index (χ3v) is 3.72. The average Bonchev–Trinajstić information content (AvgIpc) is 3.05.